The van der Waals surface area contributed by atoms with Crippen LogP contribution in [0.25, 0.3) is 0 Å². The lowest BCUT2D eigenvalue weighted by Crippen LogP contribution is -2.08. The van der Waals surface area contributed by atoms with Gasteiger partial charge in [0.05, 0.1) is 18.1 Å². The van der Waals surface area contributed by atoms with Crippen molar-refractivity contribution in [2.75, 3.05) is 0 Å². The zero-order chi connectivity index (χ0) is 12.0. The van der Waals surface area contributed by atoms with Crippen molar-refractivity contribution in [1.29, 1.82) is 5.26 Å². The van der Waals surface area contributed by atoms with E-state index in [0.717, 1.165) is 31.5 Å². The molecule has 16 heavy (non-hydrogen) atoms. The van der Waals surface area contributed by atoms with Gasteiger partial charge in [-0.3, -0.25) is 0 Å². The molecule has 1 heterocycles. The summed E-state index contributed by atoms with van der Waals surface area (Å²) in [5.41, 5.74) is 0.746. The molecule has 1 N–H and O–H groups in total. The van der Waals surface area contributed by atoms with Gasteiger partial charge in [-0.2, -0.15) is 5.26 Å². The highest BCUT2D eigenvalue weighted by molar-refractivity contribution is 5.05. The summed E-state index contributed by atoms with van der Waals surface area (Å²) in [5.74, 6) is 0. The Kier molecular flexibility index (Phi) is 4.57. The van der Waals surface area contributed by atoms with Gasteiger partial charge < -0.3 is 9.67 Å². The van der Waals surface area contributed by atoms with Gasteiger partial charge in [-0.25, -0.2) is 0 Å². The van der Waals surface area contributed by atoms with Gasteiger partial charge in [0.25, 0.3) is 0 Å². The zero-order valence-corrected chi connectivity index (χ0v) is 10.1. The summed E-state index contributed by atoms with van der Waals surface area (Å²) < 4.78 is 2.07. The number of hydrogen-bond acceptors (Lipinski definition) is 2. The van der Waals surface area contributed by atoms with E-state index in [4.69, 9.17) is 10.4 Å². The number of aryl methyl sites for hydroxylation is 1. The number of aliphatic hydroxyl groups excluding tert-OH is 1. The molecule has 0 aromatic carbocycles. The van der Waals surface area contributed by atoms with Crippen LogP contribution in [0, 0.1) is 16.7 Å². The fraction of sp³-hybridized carbons (Fsp3) is 0.615. The predicted octanol–water partition coefficient (Wildman–Crippen LogP) is 2.70. The molecule has 0 aliphatic rings. The molecule has 0 bridgehead atoms. The van der Waals surface area contributed by atoms with Crippen molar-refractivity contribution in [3.63, 3.8) is 0 Å². The number of aliphatic hydroxyl groups is 1. The number of rotatable bonds is 6. The van der Waals surface area contributed by atoms with Crippen molar-refractivity contribution in [2.45, 2.75) is 46.3 Å². The van der Waals surface area contributed by atoms with Gasteiger partial charge in [0, 0.05) is 18.4 Å². The number of unbranched alkanes of at least 4 members (excludes halogenated alkanes) is 1. The van der Waals surface area contributed by atoms with Gasteiger partial charge in [0.2, 0.25) is 0 Å². The molecule has 0 radical (unpaired) electrons. The van der Waals surface area contributed by atoms with Crippen molar-refractivity contribution < 1.29 is 5.11 Å². The fourth-order valence-corrected chi connectivity index (χ4v) is 1.72. The molecule has 0 saturated carbocycles. The van der Waals surface area contributed by atoms with Crippen LogP contribution in [-0.2, 0) is 13.2 Å². The first kappa shape index (κ1) is 12.8. The van der Waals surface area contributed by atoms with Crippen LogP contribution < -0.4 is 0 Å². The van der Waals surface area contributed by atoms with E-state index in [1.54, 1.807) is 0 Å². The predicted molar refractivity (Wildman–Crippen MR) is 63.6 cm³/mol. The van der Waals surface area contributed by atoms with E-state index in [0.29, 0.717) is 0 Å². The third-order valence-electron chi connectivity index (χ3n) is 2.84. The largest absolute Gasteiger partial charge is 0.390 e. The minimum absolute atomic E-state index is 0.0939. The highest BCUT2D eigenvalue weighted by Gasteiger charge is 2.15. The Morgan fingerprint density at radius 3 is 2.81 bits per heavy atom. The first-order valence-electron chi connectivity index (χ1n) is 5.75. The number of nitriles is 1. The molecule has 1 aromatic rings. The summed E-state index contributed by atoms with van der Waals surface area (Å²) in [4.78, 5) is 0. The molecule has 0 aliphatic heterocycles. The van der Waals surface area contributed by atoms with E-state index in [-0.39, 0.29) is 12.0 Å². The molecular weight excluding hydrogens is 200 g/mol. The number of hydrogen-bond donors (Lipinski definition) is 1. The molecule has 0 atom stereocenters. The summed E-state index contributed by atoms with van der Waals surface area (Å²) in [6.45, 7) is 4.96. The van der Waals surface area contributed by atoms with Gasteiger partial charge >= 0.3 is 0 Å². The first-order valence-corrected chi connectivity index (χ1v) is 5.75. The van der Waals surface area contributed by atoms with Crippen LogP contribution >= 0.6 is 0 Å². The van der Waals surface area contributed by atoms with Crippen molar-refractivity contribution in [3.8, 4) is 6.07 Å². The summed E-state index contributed by atoms with van der Waals surface area (Å²) in [7, 11) is 0. The van der Waals surface area contributed by atoms with Gasteiger partial charge in [0.1, 0.15) is 0 Å². The lowest BCUT2D eigenvalue weighted by Gasteiger charge is -2.14. The Morgan fingerprint density at radius 1 is 1.44 bits per heavy atom. The molecule has 0 fully saturated rings. The maximum Gasteiger partial charge on any atom is 0.0832 e. The third-order valence-corrected chi connectivity index (χ3v) is 2.84. The molecule has 0 unspecified atom stereocenters. The second-order valence-corrected chi connectivity index (χ2v) is 4.80. The van der Waals surface area contributed by atoms with Crippen molar-refractivity contribution >= 4 is 0 Å². The average molecular weight is 220 g/mol. The van der Waals surface area contributed by atoms with Crippen LogP contribution in [0.4, 0.5) is 0 Å². The van der Waals surface area contributed by atoms with E-state index >= 15 is 0 Å². The molecule has 0 amide bonds. The van der Waals surface area contributed by atoms with Crippen LogP contribution in [0.3, 0.4) is 0 Å². The van der Waals surface area contributed by atoms with Gasteiger partial charge in [-0.15, -0.1) is 0 Å². The van der Waals surface area contributed by atoms with E-state index < -0.39 is 0 Å². The van der Waals surface area contributed by atoms with Gasteiger partial charge in [-0.05, 0) is 38.8 Å². The lowest BCUT2D eigenvalue weighted by atomic mass is 9.89. The Labute approximate surface area is 97.3 Å². The molecule has 1 aromatic heterocycles. The molecular formula is C13H20N2O. The fourth-order valence-electron chi connectivity index (χ4n) is 1.72. The highest BCUT2D eigenvalue weighted by Crippen LogP contribution is 2.21. The standard InChI is InChI=1S/C13H20N2O/c1-13(2,11-14)7-3-4-8-15-9-5-6-12(15)10-16/h5-6,9,16H,3-4,7-8,10H2,1-2H3. The Balaban J connectivity index is 2.29. The van der Waals surface area contributed by atoms with E-state index in [1.165, 1.54) is 0 Å². The molecule has 0 spiro atoms. The molecule has 1 rings (SSSR count). The number of nitrogens with zero attached hydrogens (tertiary/aromatic N) is 2. The Bertz CT molecular complexity index is 360. The Morgan fingerprint density at radius 2 is 2.19 bits per heavy atom. The SMILES string of the molecule is CC(C)(C#N)CCCCn1cccc1CO. The maximum atomic E-state index is 9.07. The quantitative estimate of drug-likeness (QED) is 0.749. The van der Waals surface area contributed by atoms with E-state index in [1.807, 2.05) is 32.2 Å². The van der Waals surface area contributed by atoms with E-state index in [9.17, 15) is 0 Å². The number of aromatic nitrogens is 1. The van der Waals surface area contributed by atoms with Crippen LogP contribution in [0.5, 0.6) is 0 Å². The summed E-state index contributed by atoms with van der Waals surface area (Å²) in [6, 6.07) is 6.19. The third kappa shape index (κ3) is 3.71. The minimum atomic E-state index is -0.212. The average Bonchev–Trinajstić information content (AvgIpc) is 2.72. The Hall–Kier alpha value is -1.27. The molecule has 3 heteroatoms. The van der Waals surface area contributed by atoms with Gasteiger partial charge in [0.15, 0.2) is 0 Å². The molecule has 3 nitrogen and oxygen atoms in total. The van der Waals surface area contributed by atoms with Crippen molar-refractivity contribution in [2.24, 2.45) is 5.41 Å². The normalized spacial score (nSPS) is 11.4. The maximum absolute atomic E-state index is 9.07. The topological polar surface area (TPSA) is 49.0 Å². The smallest absolute Gasteiger partial charge is 0.0832 e. The van der Waals surface area contributed by atoms with Crippen LogP contribution in [0.15, 0.2) is 18.3 Å². The molecule has 88 valence electrons. The van der Waals surface area contributed by atoms with Crippen molar-refractivity contribution in [3.05, 3.63) is 24.0 Å². The summed E-state index contributed by atoms with van der Waals surface area (Å²) >= 11 is 0. The van der Waals surface area contributed by atoms with Gasteiger partial charge in [-0.1, -0.05) is 6.42 Å². The second kappa shape index (κ2) is 5.72. The minimum Gasteiger partial charge on any atom is -0.390 e. The summed E-state index contributed by atoms with van der Waals surface area (Å²) in [5, 5.41) is 17.9. The second-order valence-electron chi connectivity index (χ2n) is 4.80. The zero-order valence-electron chi connectivity index (χ0n) is 10.1. The first-order chi connectivity index (χ1) is 7.59. The van der Waals surface area contributed by atoms with Crippen LogP contribution in [0.1, 0.15) is 38.8 Å². The summed E-state index contributed by atoms with van der Waals surface area (Å²) in [6.07, 6.45) is 5.01. The van der Waals surface area contributed by atoms with Crippen LogP contribution in [0.2, 0.25) is 0 Å². The monoisotopic (exact) mass is 220 g/mol. The lowest BCUT2D eigenvalue weighted by molar-refractivity contribution is 0.269. The van der Waals surface area contributed by atoms with E-state index in [2.05, 4.69) is 10.6 Å². The molecule has 0 aliphatic carbocycles. The molecule has 0 saturated heterocycles. The van der Waals surface area contributed by atoms with Crippen molar-refractivity contribution in [1.82, 2.24) is 4.57 Å². The highest BCUT2D eigenvalue weighted by atomic mass is 16.3. The van der Waals surface area contributed by atoms with Crippen LogP contribution in [-0.4, -0.2) is 9.67 Å².